The fraction of sp³-hybridized carbons (Fsp3) is 0.167. The van der Waals surface area contributed by atoms with Crippen molar-refractivity contribution in [3.8, 4) is 11.3 Å². The van der Waals surface area contributed by atoms with Gasteiger partial charge in [-0.05, 0) is 12.1 Å². The van der Waals surface area contributed by atoms with Crippen molar-refractivity contribution in [2.75, 3.05) is 7.11 Å². The molecule has 5 heteroatoms. The number of benzene rings is 1. The second kappa shape index (κ2) is 4.37. The Morgan fingerprint density at radius 2 is 2.24 bits per heavy atom. The van der Waals surface area contributed by atoms with Gasteiger partial charge in [0, 0.05) is 13.2 Å². The van der Waals surface area contributed by atoms with Gasteiger partial charge in [-0.3, -0.25) is 0 Å². The van der Waals surface area contributed by atoms with Gasteiger partial charge < -0.3 is 9.30 Å². The minimum atomic E-state index is -0.579. The molecular weight excluding hydrogens is 223 g/mol. The summed E-state index contributed by atoms with van der Waals surface area (Å²) in [6, 6.07) is 4.27. The van der Waals surface area contributed by atoms with Crippen molar-refractivity contribution in [1.82, 2.24) is 9.55 Å². The molecule has 0 amide bonds. The first-order valence-electron chi connectivity index (χ1n) is 4.98. The van der Waals surface area contributed by atoms with Crippen LogP contribution in [0.2, 0.25) is 0 Å². The molecule has 0 aliphatic heterocycles. The summed E-state index contributed by atoms with van der Waals surface area (Å²) < 4.78 is 20.1. The third kappa shape index (κ3) is 2.04. The van der Waals surface area contributed by atoms with Crippen molar-refractivity contribution in [1.29, 1.82) is 0 Å². The maximum atomic E-state index is 13.8. The number of hydrogen-bond acceptors (Lipinski definition) is 3. The maximum absolute atomic E-state index is 13.8. The Hall–Kier alpha value is -2.17. The summed E-state index contributed by atoms with van der Waals surface area (Å²) in [6.45, 7) is 0. The second-order valence-electron chi connectivity index (χ2n) is 3.58. The van der Waals surface area contributed by atoms with Crippen molar-refractivity contribution >= 4 is 5.97 Å². The van der Waals surface area contributed by atoms with E-state index in [1.54, 1.807) is 24.1 Å². The molecule has 0 unspecified atom stereocenters. The van der Waals surface area contributed by atoms with Crippen LogP contribution in [0.5, 0.6) is 0 Å². The molecule has 0 fully saturated rings. The van der Waals surface area contributed by atoms with Gasteiger partial charge in [0.15, 0.2) is 0 Å². The van der Waals surface area contributed by atoms with Gasteiger partial charge >= 0.3 is 5.97 Å². The zero-order chi connectivity index (χ0) is 12.4. The van der Waals surface area contributed by atoms with Crippen LogP contribution >= 0.6 is 0 Å². The monoisotopic (exact) mass is 234 g/mol. The van der Waals surface area contributed by atoms with Crippen molar-refractivity contribution in [3.63, 3.8) is 0 Å². The summed E-state index contributed by atoms with van der Waals surface area (Å²) in [4.78, 5) is 15.6. The molecule has 1 aromatic carbocycles. The molecule has 0 atom stereocenters. The predicted octanol–water partition coefficient (Wildman–Crippen LogP) is 2.01. The summed E-state index contributed by atoms with van der Waals surface area (Å²) in [6.07, 6.45) is 3.19. The number of rotatable bonds is 2. The van der Waals surface area contributed by atoms with Gasteiger partial charge in [-0.1, -0.05) is 6.07 Å². The highest BCUT2D eigenvalue weighted by molar-refractivity contribution is 5.96. The van der Waals surface area contributed by atoms with Crippen LogP contribution in [0.15, 0.2) is 30.7 Å². The number of carbonyl (C=O) groups is 1. The van der Waals surface area contributed by atoms with Crippen molar-refractivity contribution < 1.29 is 13.9 Å². The minimum absolute atomic E-state index is 0.167. The molecule has 2 aromatic rings. The molecule has 0 saturated carbocycles. The number of carbonyl (C=O) groups excluding carboxylic acids is 1. The fourth-order valence-electron chi connectivity index (χ4n) is 1.61. The molecule has 0 bridgehead atoms. The van der Waals surface area contributed by atoms with E-state index in [2.05, 4.69) is 9.72 Å². The molecule has 0 saturated heterocycles. The van der Waals surface area contributed by atoms with Gasteiger partial charge in [-0.2, -0.15) is 0 Å². The van der Waals surface area contributed by atoms with Crippen molar-refractivity contribution in [2.24, 2.45) is 7.05 Å². The normalized spacial score (nSPS) is 10.3. The SMILES string of the molecule is COC(=O)c1cccc(F)c1-c1cn(C)cn1. The smallest absolute Gasteiger partial charge is 0.338 e. The van der Waals surface area contributed by atoms with Gasteiger partial charge in [0.25, 0.3) is 0 Å². The molecule has 2 rings (SSSR count). The van der Waals surface area contributed by atoms with Crippen molar-refractivity contribution in [3.05, 3.63) is 42.1 Å². The zero-order valence-electron chi connectivity index (χ0n) is 9.48. The van der Waals surface area contributed by atoms with E-state index in [0.717, 1.165) is 0 Å². The first-order chi connectivity index (χ1) is 8.13. The molecule has 17 heavy (non-hydrogen) atoms. The number of hydrogen-bond donors (Lipinski definition) is 0. The largest absolute Gasteiger partial charge is 0.465 e. The van der Waals surface area contributed by atoms with Crippen LogP contribution in [0, 0.1) is 5.82 Å². The number of aryl methyl sites for hydroxylation is 1. The number of aromatic nitrogens is 2. The molecular formula is C12H11FN2O2. The lowest BCUT2D eigenvalue weighted by atomic mass is 10.0. The Balaban J connectivity index is 2.63. The van der Waals surface area contributed by atoms with Crippen LogP contribution in [-0.4, -0.2) is 22.6 Å². The lowest BCUT2D eigenvalue weighted by Crippen LogP contribution is -2.05. The Labute approximate surface area is 97.7 Å². The lowest BCUT2D eigenvalue weighted by molar-refractivity contribution is 0.0601. The van der Waals surface area contributed by atoms with Crippen LogP contribution in [-0.2, 0) is 11.8 Å². The Bertz CT molecular complexity index is 563. The summed E-state index contributed by atoms with van der Waals surface area (Å²) >= 11 is 0. The van der Waals surface area contributed by atoms with Gasteiger partial charge in [0.1, 0.15) is 5.82 Å². The van der Waals surface area contributed by atoms with Gasteiger partial charge in [-0.25, -0.2) is 14.2 Å². The lowest BCUT2D eigenvalue weighted by Gasteiger charge is -2.06. The molecule has 0 radical (unpaired) electrons. The molecule has 0 aliphatic carbocycles. The van der Waals surface area contributed by atoms with Gasteiger partial charge in [0.2, 0.25) is 0 Å². The first kappa shape index (κ1) is 11.3. The van der Waals surface area contributed by atoms with E-state index in [1.165, 1.54) is 25.3 Å². The highest BCUT2D eigenvalue weighted by Crippen LogP contribution is 2.25. The third-order valence-corrected chi connectivity index (χ3v) is 2.38. The van der Waals surface area contributed by atoms with Gasteiger partial charge in [0.05, 0.1) is 30.3 Å². The number of halogens is 1. The van der Waals surface area contributed by atoms with Crippen LogP contribution < -0.4 is 0 Å². The van der Waals surface area contributed by atoms with Crippen LogP contribution in [0.3, 0.4) is 0 Å². The van der Waals surface area contributed by atoms with E-state index in [4.69, 9.17) is 0 Å². The van der Waals surface area contributed by atoms with E-state index < -0.39 is 11.8 Å². The van der Waals surface area contributed by atoms with Crippen molar-refractivity contribution in [2.45, 2.75) is 0 Å². The van der Waals surface area contributed by atoms with Crippen LogP contribution in [0.4, 0.5) is 4.39 Å². The molecule has 0 spiro atoms. The van der Waals surface area contributed by atoms with E-state index >= 15 is 0 Å². The van der Waals surface area contributed by atoms with E-state index in [1.807, 2.05) is 0 Å². The topological polar surface area (TPSA) is 44.1 Å². The Morgan fingerprint density at radius 3 is 2.82 bits per heavy atom. The number of methoxy groups -OCH3 is 1. The highest BCUT2D eigenvalue weighted by atomic mass is 19.1. The minimum Gasteiger partial charge on any atom is -0.465 e. The fourth-order valence-corrected chi connectivity index (χ4v) is 1.61. The third-order valence-electron chi connectivity index (χ3n) is 2.38. The molecule has 1 heterocycles. The number of imidazole rings is 1. The van der Waals surface area contributed by atoms with Crippen LogP contribution in [0.1, 0.15) is 10.4 Å². The summed E-state index contributed by atoms with van der Waals surface area (Å²) in [7, 11) is 3.03. The summed E-state index contributed by atoms with van der Waals surface area (Å²) in [5.41, 5.74) is 0.747. The van der Waals surface area contributed by atoms with E-state index in [0.29, 0.717) is 5.69 Å². The number of esters is 1. The van der Waals surface area contributed by atoms with Gasteiger partial charge in [-0.15, -0.1) is 0 Å². The molecule has 0 N–H and O–H groups in total. The summed E-state index contributed by atoms with van der Waals surface area (Å²) in [5, 5.41) is 0. The number of nitrogens with zero attached hydrogens (tertiary/aromatic N) is 2. The van der Waals surface area contributed by atoms with E-state index in [9.17, 15) is 9.18 Å². The first-order valence-corrected chi connectivity index (χ1v) is 4.98. The molecule has 88 valence electrons. The Kier molecular flexibility index (Phi) is 2.91. The Morgan fingerprint density at radius 1 is 1.47 bits per heavy atom. The molecule has 0 aliphatic rings. The van der Waals surface area contributed by atoms with Crippen LogP contribution in [0.25, 0.3) is 11.3 Å². The zero-order valence-corrected chi connectivity index (χ0v) is 9.48. The maximum Gasteiger partial charge on any atom is 0.338 e. The average Bonchev–Trinajstić information content (AvgIpc) is 2.74. The molecule has 1 aromatic heterocycles. The standard InChI is InChI=1S/C12H11FN2O2/c1-15-6-10(14-7-15)11-8(12(16)17-2)4-3-5-9(11)13/h3-7H,1-2H3. The molecule has 4 nitrogen and oxygen atoms in total. The number of ether oxygens (including phenoxy) is 1. The quantitative estimate of drug-likeness (QED) is 0.746. The average molecular weight is 234 g/mol. The summed E-state index contributed by atoms with van der Waals surface area (Å²) in [5.74, 6) is -1.07. The highest BCUT2D eigenvalue weighted by Gasteiger charge is 2.18. The predicted molar refractivity (Wildman–Crippen MR) is 59.9 cm³/mol. The second-order valence-corrected chi connectivity index (χ2v) is 3.58. The van der Waals surface area contributed by atoms with E-state index in [-0.39, 0.29) is 11.1 Å².